The Kier molecular flexibility index (Phi) is 4.48. The highest BCUT2D eigenvalue weighted by Crippen LogP contribution is 2.28. The lowest BCUT2D eigenvalue weighted by Crippen LogP contribution is -2.41. The molecule has 0 radical (unpaired) electrons. The largest absolute Gasteiger partial charge is 0.391 e. The van der Waals surface area contributed by atoms with Crippen LogP contribution in [0, 0.1) is 5.82 Å². The van der Waals surface area contributed by atoms with Crippen LogP contribution in [0.4, 0.5) is 4.39 Å². The van der Waals surface area contributed by atoms with E-state index in [0.717, 1.165) is 11.6 Å². The topological polar surface area (TPSA) is 57.6 Å². The van der Waals surface area contributed by atoms with Gasteiger partial charge in [0.05, 0.1) is 17.0 Å². The zero-order valence-electron chi connectivity index (χ0n) is 12.5. The molecule has 1 saturated heterocycles. The van der Waals surface area contributed by atoms with Gasteiger partial charge in [-0.25, -0.2) is 12.8 Å². The molecule has 1 aliphatic rings. The second kappa shape index (κ2) is 6.39. The average molecular weight is 335 g/mol. The lowest BCUT2D eigenvalue weighted by molar-refractivity contribution is 0.142. The zero-order valence-corrected chi connectivity index (χ0v) is 13.3. The van der Waals surface area contributed by atoms with Gasteiger partial charge in [0, 0.05) is 6.54 Å². The Balaban J connectivity index is 1.91. The fourth-order valence-electron chi connectivity index (χ4n) is 2.96. The van der Waals surface area contributed by atoms with Gasteiger partial charge in [-0.15, -0.1) is 0 Å². The summed E-state index contributed by atoms with van der Waals surface area (Å²) < 4.78 is 40.2. The minimum absolute atomic E-state index is 0.0790. The minimum atomic E-state index is -3.83. The number of sulfonamides is 1. The Morgan fingerprint density at radius 1 is 1.13 bits per heavy atom. The van der Waals surface area contributed by atoms with Crippen LogP contribution in [0.25, 0.3) is 0 Å². The van der Waals surface area contributed by atoms with Crippen molar-refractivity contribution in [3.63, 3.8) is 0 Å². The van der Waals surface area contributed by atoms with Gasteiger partial charge in [0.2, 0.25) is 10.0 Å². The Labute approximate surface area is 135 Å². The lowest BCUT2D eigenvalue weighted by Gasteiger charge is -2.26. The maximum Gasteiger partial charge on any atom is 0.243 e. The van der Waals surface area contributed by atoms with Gasteiger partial charge < -0.3 is 5.11 Å². The van der Waals surface area contributed by atoms with Gasteiger partial charge in [0.15, 0.2) is 0 Å². The molecular formula is C17H18FNO3S. The highest BCUT2D eigenvalue weighted by Gasteiger charge is 2.40. The number of rotatable bonds is 4. The maximum absolute atomic E-state index is 13.4. The van der Waals surface area contributed by atoms with Gasteiger partial charge in [-0.1, -0.05) is 36.4 Å². The van der Waals surface area contributed by atoms with Gasteiger partial charge in [0.25, 0.3) is 0 Å². The maximum atomic E-state index is 13.4. The van der Waals surface area contributed by atoms with Crippen LogP contribution in [0.1, 0.15) is 12.0 Å². The summed E-state index contributed by atoms with van der Waals surface area (Å²) >= 11 is 0. The molecular weight excluding hydrogens is 317 g/mol. The van der Waals surface area contributed by atoms with E-state index in [4.69, 9.17) is 0 Å². The molecule has 23 heavy (non-hydrogen) atoms. The van der Waals surface area contributed by atoms with Crippen molar-refractivity contribution in [1.29, 1.82) is 0 Å². The molecule has 0 saturated carbocycles. The first-order valence-corrected chi connectivity index (χ1v) is 8.92. The summed E-state index contributed by atoms with van der Waals surface area (Å²) in [6.45, 7) is 0.234. The first-order valence-electron chi connectivity index (χ1n) is 7.48. The smallest absolute Gasteiger partial charge is 0.243 e. The van der Waals surface area contributed by atoms with E-state index in [1.807, 2.05) is 30.3 Å². The molecule has 1 N–H and O–H groups in total. The van der Waals surface area contributed by atoms with E-state index in [1.54, 1.807) is 0 Å². The van der Waals surface area contributed by atoms with Crippen LogP contribution in [-0.2, 0) is 16.4 Å². The lowest BCUT2D eigenvalue weighted by atomic mass is 10.0. The summed E-state index contributed by atoms with van der Waals surface area (Å²) in [5.41, 5.74) is 0.956. The van der Waals surface area contributed by atoms with Crippen LogP contribution in [0.5, 0.6) is 0 Å². The number of hydrogen-bond donors (Lipinski definition) is 1. The Bertz CT molecular complexity index is 779. The Morgan fingerprint density at radius 2 is 1.87 bits per heavy atom. The average Bonchev–Trinajstić information content (AvgIpc) is 2.90. The standard InChI is InChI=1S/C17H18FNO3S/c18-14-7-4-8-15(12-14)23(21,22)19-10-9-17(20)16(19)11-13-5-2-1-3-6-13/h1-8,12,16-17,20H,9-11H2/t16-,17+/m0/s1. The van der Waals surface area contributed by atoms with Crippen molar-refractivity contribution in [2.24, 2.45) is 0 Å². The van der Waals surface area contributed by atoms with E-state index >= 15 is 0 Å². The quantitative estimate of drug-likeness (QED) is 0.932. The molecule has 1 fully saturated rings. The Morgan fingerprint density at radius 3 is 2.57 bits per heavy atom. The first-order chi connectivity index (χ1) is 11.0. The summed E-state index contributed by atoms with van der Waals surface area (Å²) in [4.78, 5) is -0.0790. The van der Waals surface area contributed by atoms with E-state index in [1.165, 1.54) is 22.5 Å². The summed E-state index contributed by atoms with van der Waals surface area (Å²) in [5, 5.41) is 10.2. The molecule has 0 bridgehead atoms. The van der Waals surface area contributed by atoms with Crippen molar-refractivity contribution in [2.45, 2.75) is 29.9 Å². The van der Waals surface area contributed by atoms with Crippen LogP contribution in [0.3, 0.4) is 0 Å². The normalized spacial score (nSPS) is 22.3. The van der Waals surface area contributed by atoms with Crippen LogP contribution in [0.2, 0.25) is 0 Å². The molecule has 0 aliphatic carbocycles. The molecule has 0 spiro atoms. The first kappa shape index (κ1) is 16.1. The molecule has 4 nitrogen and oxygen atoms in total. The fraction of sp³-hybridized carbons (Fsp3) is 0.294. The van der Waals surface area contributed by atoms with Gasteiger partial charge in [-0.3, -0.25) is 0 Å². The number of hydrogen-bond acceptors (Lipinski definition) is 3. The minimum Gasteiger partial charge on any atom is -0.391 e. The third kappa shape index (κ3) is 3.29. The predicted octanol–water partition coefficient (Wildman–Crippen LogP) is 2.19. The van der Waals surface area contributed by atoms with E-state index in [9.17, 15) is 17.9 Å². The molecule has 2 aromatic rings. The number of aliphatic hydroxyl groups excluding tert-OH is 1. The third-order valence-corrected chi connectivity index (χ3v) is 6.07. The summed E-state index contributed by atoms with van der Waals surface area (Å²) in [7, 11) is -3.83. The van der Waals surface area contributed by atoms with Crippen molar-refractivity contribution in [2.75, 3.05) is 6.54 Å². The fourth-order valence-corrected chi connectivity index (χ4v) is 4.66. The molecule has 3 rings (SSSR count). The van der Waals surface area contributed by atoms with Crippen molar-refractivity contribution in [3.8, 4) is 0 Å². The second-order valence-electron chi connectivity index (χ2n) is 5.69. The SMILES string of the molecule is O=S(=O)(c1cccc(F)c1)N1CC[C@@H](O)[C@@H]1Cc1ccccc1. The van der Waals surface area contributed by atoms with Crippen molar-refractivity contribution < 1.29 is 17.9 Å². The highest BCUT2D eigenvalue weighted by molar-refractivity contribution is 7.89. The summed E-state index contributed by atoms with van der Waals surface area (Å²) in [6.07, 6.45) is 0.0846. The van der Waals surface area contributed by atoms with Gasteiger partial charge in [0.1, 0.15) is 5.82 Å². The van der Waals surface area contributed by atoms with Gasteiger partial charge >= 0.3 is 0 Å². The third-order valence-electron chi connectivity index (χ3n) is 4.15. The second-order valence-corrected chi connectivity index (χ2v) is 7.58. The summed E-state index contributed by atoms with van der Waals surface area (Å²) in [5.74, 6) is -0.592. The molecule has 0 aromatic heterocycles. The predicted molar refractivity (Wildman–Crippen MR) is 84.8 cm³/mol. The van der Waals surface area contributed by atoms with E-state index in [0.29, 0.717) is 12.8 Å². The van der Waals surface area contributed by atoms with Gasteiger partial charge in [-0.2, -0.15) is 4.31 Å². The van der Waals surface area contributed by atoms with Crippen molar-refractivity contribution in [3.05, 3.63) is 66.0 Å². The number of benzene rings is 2. The highest BCUT2D eigenvalue weighted by atomic mass is 32.2. The molecule has 122 valence electrons. The monoisotopic (exact) mass is 335 g/mol. The van der Waals surface area contributed by atoms with Crippen molar-refractivity contribution >= 4 is 10.0 Å². The van der Waals surface area contributed by atoms with Gasteiger partial charge in [-0.05, 0) is 36.6 Å². The molecule has 0 unspecified atom stereocenters. The van der Waals surface area contributed by atoms with E-state index in [-0.39, 0.29) is 11.4 Å². The number of halogens is 1. The molecule has 2 atom stereocenters. The molecule has 2 aromatic carbocycles. The van der Waals surface area contributed by atoms with E-state index in [2.05, 4.69) is 0 Å². The van der Waals surface area contributed by atoms with Crippen LogP contribution < -0.4 is 0 Å². The molecule has 0 amide bonds. The molecule has 6 heteroatoms. The number of aliphatic hydroxyl groups is 1. The van der Waals surface area contributed by atoms with Crippen LogP contribution in [0.15, 0.2) is 59.5 Å². The zero-order chi connectivity index (χ0) is 16.4. The Hall–Kier alpha value is -1.76. The molecule has 1 heterocycles. The van der Waals surface area contributed by atoms with Crippen LogP contribution >= 0.6 is 0 Å². The van der Waals surface area contributed by atoms with Crippen LogP contribution in [-0.4, -0.2) is 36.5 Å². The van der Waals surface area contributed by atoms with Crippen molar-refractivity contribution in [1.82, 2.24) is 4.31 Å². The summed E-state index contributed by atoms with van der Waals surface area (Å²) in [6, 6.07) is 13.9. The molecule has 1 aliphatic heterocycles. The number of nitrogens with zero attached hydrogens (tertiary/aromatic N) is 1. The van der Waals surface area contributed by atoms with E-state index < -0.39 is 28.0 Å².